The van der Waals surface area contributed by atoms with Crippen LogP contribution in [0.3, 0.4) is 0 Å². The van der Waals surface area contributed by atoms with Crippen molar-refractivity contribution in [3.05, 3.63) is 58.4 Å². The molecule has 3 heterocycles. The lowest BCUT2D eigenvalue weighted by molar-refractivity contribution is -0.199. The topological polar surface area (TPSA) is 81.5 Å². The number of hydrogen-bond acceptors (Lipinski definition) is 6. The highest BCUT2D eigenvalue weighted by Gasteiger charge is 2.67. The maximum atomic E-state index is 13.6. The molecule has 0 radical (unpaired) electrons. The zero-order valence-corrected chi connectivity index (χ0v) is 25.7. The molecule has 1 N–H and O–H groups in total. The Morgan fingerprint density at radius 3 is 2.40 bits per heavy atom. The Hall–Kier alpha value is -3.39. The lowest BCUT2D eigenvalue weighted by atomic mass is 9.49. The molecule has 1 amide bonds. The van der Waals surface area contributed by atoms with Crippen LogP contribution in [0, 0.1) is 46.8 Å². The van der Waals surface area contributed by atoms with E-state index in [9.17, 15) is 10.1 Å². The van der Waals surface area contributed by atoms with Crippen LogP contribution >= 0.6 is 0 Å². The monoisotopic (exact) mass is 565 g/mol. The number of pyridine rings is 1. The number of carbonyl (C=O) groups is 1. The molecule has 0 unspecified atom stereocenters. The van der Waals surface area contributed by atoms with E-state index >= 15 is 0 Å². The first-order chi connectivity index (χ1) is 20.1. The van der Waals surface area contributed by atoms with E-state index in [1.807, 2.05) is 42.2 Å². The molecule has 2 aliphatic carbocycles. The minimum absolute atomic E-state index is 0.00316. The average Bonchev–Trinajstić information content (AvgIpc) is 3.29. The van der Waals surface area contributed by atoms with Gasteiger partial charge in [-0.05, 0) is 74.4 Å². The molecule has 2 aromatic rings. The molecule has 2 aliphatic heterocycles. The van der Waals surface area contributed by atoms with E-state index in [1.54, 1.807) is 0 Å². The van der Waals surface area contributed by atoms with E-state index < -0.39 is 0 Å². The summed E-state index contributed by atoms with van der Waals surface area (Å²) in [7, 11) is 0. The third kappa shape index (κ3) is 5.08. The van der Waals surface area contributed by atoms with E-state index in [0.717, 1.165) is 61.7 Å². The van der Waals surface area contributed by atoms with Gasteiger partial charge in [-0.1, -0.05) is 33.6 Å². The highest BCUT2D eigenvalue weighted by molar-refractivity contribution is 5.98. The predicted molar refractivity (Wildman–Crippen MR) is 163 cm³/mol. The summed E-state index contributed by atoms with van der Waals surface area (Å²) in [6.45, 7) is 15.7. The van der Waals surface area contributed by atoms with Crippen LogP contribution in [0.2, 0.25) is 0 Å². The largest absolute Gasteiger partial charge is 0.489 e. The zero-order chi connectivity index (χ0) is 29.6. The first kappa shape index (κ1) is 28.7. The molecule has 4 aliphatic rings. The highest BCUT2D eigenvalue weighted by Crippen LogP contribution is 2.59. The van der Waals surface area contributed by atoms with E-state index in [-0.39, 0.29) is 28.9 Å². The standard InChI is InChI=1S/C35H43N5O2/c1-23-20-28(14-9-25(23)21-36)42-33-34(2,3)32(35(33,4)5)40-22-30-29(31(40)41)15-11-26(38-30)10-6-24-7-12-27(13-8-24)39-18-16-37-17-19-39/h9,11,14-15,20,24,27,32-33,37H,7-8,12-13,16-19,22H2,1-5H3. The fourth-order valence-corrected chi connectivity index (χ4v) is 8.48. The SMILES string of the molecule is Cc1cc(OC2C(C)(C)C(N3Cc4nc(C#CC5CCC(N6CCNCC6)CC5)ccc4C3=O)C2(C)C)ccc1C#N. The Bertz CT molecular complexity index is 1450. The van der Waals surface area contributed by atoms with Gasteiger partial charge in [-0.25, -0.2) is 4.98 Å². The number of fused-ring (bicyclic) bond motifs is 1. The molecular weight excluding hydrogens is 522 g/mol. The summed E-state index contributed by atoms with van der Waals surface area (Å²) in [6.07, 6.45) is 4.66. The molecule has 42 heavy (non-hydrogen) atoms. The van der Waals surface area contributed by atoms with Crippen LogP contribution in [0.25, 0.3) is 0 Å². The van der Waals surface area contributed by atoms with Crippen molar-refractivity contribution in [3.8, 4) is 23.7 Å². The van der Waals surface area contributed by atoms with E-state index in [4.69, 9.17) is 9.72 Å². The third-order valence-corrected chi connectivity index (χ3v) is 10.2. The number of benzene rings is 1. The Labute approximate surface area is 250 Å². The maximum Gasteiger partial charge on any atom is 0.256 e. The highest BCUT2D eigenvalue weighted by atomic mass is 16.5. The first-order valence-electron chi connectivity index (χ1n) is 15.5. The summed E-state index contributed by atoms with van der Waals surface area (Å²) >= 11 is 0. The van der Waals surface area contributed by atoms with Crippen LogP contribution in [-0.2, 0) is 6.54 Å². The Morgan fingerprint density at radius 1 is 1.02 bits per heavy atom. The molecule has 1 aromatic carbocycles. The lowest BCUT2D eigenvalue weighted by Gasteiger charge is -2.65. The Balaban J connectivity index is 1.11. The smallest absolute Gasteiger partial charge is 0.256 e. The fraction of sp³-hybridized carbons (Fsp3) is 0.571. The predicted octanol–water partition coefficient (Wildman–Crippen LogP) is 4.92. The van der Waals surface area contributed by atoms with Crippen LogP contribution in [0.15, 0.2) is 30.3 Å². The van der Waals surface area contributed by atoms with Crippen molar-refractivity contribution >= 4 is 5.91 Å². The van der Waals surface area contributed by atoms with E-state index in [2.05, 4.69) is 55.8 Å². The maximum absolute atomic E-state index is 13.6. The molecule has 6 rings (SSSR count). The van der Waals surface area contributed by atoms with Gasteiger partial charge in [0, 0.05) is 55.0 Å². The Kier molecular flexibility index (Phi) is 7.54. The van der Waals surface area contributed by atoms with Crippen molar-refractivity contribution in [1.82, 2.24) is 20.1 Å². The van der Waals surface area contributed by atoms with Crippen LogP contribution in [0.5, 0.6) is 5.75 Å². The summed E-state index contributed by atoms with van der Waals surface area (Å²) in [5.41, 5.74) is 3.30. The van der Waals surface area contributed by atoms with Crippen molar-refractivity contribution in [2.75, 3.05) is 26.2 Å². The number of ether oxygens (including phenoxy) is 1. The van der Waals surface area contributed by atoms with Gasteiger partial charge in [-0.3, -0.25) is 9.69 Å². The number of amides is 1. The van der Waals surface area contributed by atoms with Crippen molar-refractivity contribution in [2.24, 2.45) is 16.7 Å². The quantitative estimate of drug-likeness (QED) is 0.531. The van der Waals surface area contributed by atoms with Gasteiger partial charge >= 0.3 is 0 Å². The van der Waals surface area contributed by atoms with Gasteiger partial charge < -0.3 is 15.0 Å². The molecule has 220 valence electrons. The fourth-order valence-electron chi connectivity index (χ4n) is 8.48. The number of aryl methyl sites for hydroxylation is 1. The van der Waals surface area contributed by atoms with E-state index in [0.29, 0.717) is 29.6 Å². The second-order valence-corrected chi connectivity index (χ2v) is 13.8. The third-order valence-electron chi connectivity index (χ3n) is 10.2. The molecular formula is C35H43N5O2. The first-order valence-corrected chi connectivity index (χ1v) is 15.5. The minimum Gasteiger partial charge on any atom is -0.489 e. The number of carbonyl (C=O) groups excluding carboxylic acids is 1. The summed E-state index contributed by atoms with van der Waals surface area (Å²) in [6, 6.07) is 12.4. The van der Waals surface area contributed by atoms with Gasteiger partial charge in [0.2, 0.25) is 0 Å². The summed E-state index contributed by atoms with van der Waals surface area (Å²) in [5, 5.41) is 12.7. The van der Waals surface area contributed by atoms with Gasteiger partial charge in [-0.15, -0.1) is 0 Å². The van der Waals surface area contributed by atoms with Crippen molar-refractivity contribution in [3.63, 3.8) is 0 Å². The molecule has 3 fully saturated rings. The van der Waals surface area contributed by atoms with Gasteiger partial charge in [0.25, 0.3) is 5.91 Å². The number of nitrogens with one attached hydrogen (secondary N) is 1. The van der Waals surface area contributed by atoms with Crippen LogP contribution < -0.4 is 10.1 Å². The van der Waals surface area contributed by atoms with Crippen molar-refractivity contribution in [2.45, 2.75) is 85.0 Å². The molecule has 0 atom stereocenters. The number of nitrogens with zero attached hydrogens (tertiary/aromatic N) is 4. The average molecular weight is 566 g/mol. The lowest BCUT2D eigenvalue weighted by Crippen LogP contribution is -2.74. The molecule has 0 spiro atoms. The number of hydrogen-bond donors (Lipinski definition) is 1. The van der Waals surface area contributed by atoms with Crippen LogP contribution in [0.1, 0.15) is 86.3 Å². The normalized spacial score (nSPS) is 28.2. The molecule has 7 heteroatoms. The van der Waals surface area contributed by atoms with Gasteiger partial charge in [0.1, 0.15) is 17.5 Å². The van der Waals surface area contributed by atoms with E-state index in [1.165, 1.54) is 12.8 Å². The Morgan fingerprint density at radius 2 is 1.74 bits per heavy atom. The molecule has 7 nitrogen and oxygen atoms in total. The van der Waals surface area contributed by atoms with Crippen LogP contribution in [0.4, 0.5) is 0 Å². The second-order valence-electron chi connectivity index (χ2n) is 13.8. The molecule has 1 saturated heterocycles. The minimum atomic E-state index is -0.269. The summed E-state index contributed by atoms with van der Waals surface area (Å²) < 4.78 is 6.53. The summed E-state index contributed by atoms with van der Waals surface area (Å²) in [5.74, 6) is 8.08. The van der Waals surface area contributed by atoms with Gasteiger partial charge in [0.05, 0.1) is 29.4 Å². The van der Waals surface area contributed by atoms with Gasteiger partial charge in [-0.2, -0.15) is 5.26 Å². The van der Waals surface area contributed by atoms with Crippen molar-refractivity contribution < 1.29 is 9.53 Å². The molecule has 2 saturated carbocycles. The number of rotatable bonds is 4. The number of nitriles is 1. The number of aromatic nitrogens is 1. The van der Waals surface area contributed by atoms with Crippen molar-refractivity contribution in [1.29, 1.82) is 5.26 Å². The molecule has 0 bridgehead atoms. The van der Waals surface area contributed by atoms with Gasteiger partial charge in [0.15, 0.2) is 0 Å². The second kappa shape index (κ2) is 11.0. The molecule has 1 aromatic heterocycles. The number of piperazine rings is 1. The summed E-state index contributed by atoms with van der Waals surface area (Å²) in [4.78, 5) is 23.1. The van der Waals surface area contributed by atoms with Crippen LogP contribution in [-0.4, -0.2) is 65.1 Å². The zero-order valence-electron chi connectivity index (χ0n) is 25.7.